The van der Waals surface area contributed by atoms with Crippen LogP contribution in [0.15, 0.2) is 12.3 Å². The number of aryl methyl sites for hydroxylation is 2. The van der Waals surface area contributed by atoms with Crippen LogP contribution in [0.25, 0.3) is 0 Å². The highest BCUT2D eigenvalue weighted by atomic mass is 15.1. The highest BCUT2D eigenvalue weighted by Crippen LogP contribution is 2.19. The molecule has 0 N–H and O–H groups in total. The molecule has 0 saturated carbocycles. The van der Waals surface area contributed by atoms with Crippen LogP contribution in [0.3, 0.4) is 0 Å². The Morgan fingerprint density at radius 3 is 2.62 bits per heavy atom. The smallest absolute Gasteiger partial charge is 0.0429 e. The van der Waals surface area contributed by atoms with E-state index in [9.17, 15) is 0 Å². The van der Waals surface area contributed by atoms with E-state index in [0.29, 0.717) is 0 Å². The first-order valence-electron chi connectivity index (χ1n) is 4.85. The van der Waals surface area contributed by atoms with Gasteiger partial charge in [0.1, 0.15) is 0 Å². The third-order valence-corrected chi connectivity index (χ3v) is 2.37. The van der Waals surface area contributed by atoms with E-state index in [2.05, 4.69) is 36.8 Å². The van der Waals surface area contributed by atoms with E-state index >= 15 is 0 Å². The zero-order valence-electron chi connectivity index (χ0n) is 8.96. The summed E-state index contributed by atoms with van der Waals surface area (Å²) in [6.45, 7) is 7.40. The van der Waals surface area contributed by atoms with Crippen molar-refractivity contribution < 1.29 is 0 Å². The Kier molecular flexibility index (Phi) is 3.29. The molecule has 72 valence electrons. The van der Waals surface area contributed by atoms with Crippen LogP contribution in [0.2, 0.25) is 0 Å². The van der Waals surface area contributed by atoms with Crippen LogP contribution in [0.1, 0.15) is 25.1 Å². The molecule has 13 heavy (non-hydrogen) atoms. The molecule has 0 aliphatic carbocycles. The van der Waals surface area contributed by atoms with Gasteiger partial charge in [0.15, 0.2) is 0 Å². The number of hydrogen-bond acceptors (Lipinski definition) is 2. The molecule has 0 atom stereocenters. The summed E-state index contributed by atoms with van der Waals surface area (Å²) in [5.74, 6) is 0. The molecule has 0 unspecified atom stereocenters. The van der Waals surface area contributed by atoms with Crippen molar-refractivity contribution in [2.75, 3.05) is 18.5 Å². The molecule has 2 heteroatoms. The van der Waals surface area contributed by atoms with Crippen LogP contribution in [-0.2, 0) is 6.42 Å². The summed E-state index contributed by atoms with van der Waals surface area (Å²) in [5.41, 5.74) is 3.74. The molecule has 0 bridgehead atoms. The van der Waals surface area contributed by atoms with Gasteiger partial charge in [-0.1, -0.05) is 6.92 Å². The van der Waals surface area contributed by atoms with Crippen molar-refractivity contribution in [3.8, 4) is 0 Å². The maximum absolute atomic E-state index is 4.30. The Morgan fingerprint density at radius 1 is 1.38 bits per heavy atom. The van der Waals surface area contributed by atoms with Crippen LogP contribution in [0, 0.1) is 6.92 Å². The second-order valence-electron chi connectivity index (χ2n) is 3.32. The predicted molar refractivity (Wildman–Crippen MR) is 57.3 cm³/mol. The van der Waals surface area contributed by atoms with Crippen molar-refractivity contribution in [1.29, 1.82) is 0 Å². The summed E-state index contributed by atoms with van der Waals surface area (Å²) in [6.07, 6.45) is 3.03. The molecule has 0 radical (unpaired) electrons. The third-order valence-electron chi connectivity index (χ3n) is 2.37. The summed E-state index contributed by atoms with van der Waals surface area (Å²) in [6, 6.07) is 2.16. The Morgan fingerprint density at radius 2 is 2.08 bits per heavy atom. The van der Waals surface area contributed by atoms with Gasteiger partial charge in [0.25, 0.3) is 0 Å². The Balaban J connectivity index is 3.07. The molecule has 1 rings (SSSR count). The summed E-state index contributed by atoms with van der Waals surface area (Å²) in [7, 11) is 2.12. The molecule has 1 aromatic heterocycles. The van der Waals surface area contributed by atoms with Crippen LogP contribution < -0.4 is 4.90 Å². The average Bonchev–Trinajstić information content (AvgIpc) is 2.16. The van der Waals surface area contributed by atoms with Crippen LogP contribution in [-0.4, -0.2) is 18.6 Å². The van der Waals surface area contributed by atoms with Crippen molar-refractivity contribution in [3.63, 3.8) is 0 Å². The molecule has 0 aromatic carbocycles. The second kappa shape index (κ2) is 4.26. The normalized spacial score (nSPS) is 10.2. The maximum Gasteiger partial charge on any atom is 0.0429 e. The van der Waals surface area contributed by atoms with Crippen molar-refractivity contribution in [3.05, 3.63) is 23.5 Å². The lowest BCUT2D eigenvalue weighted by Crippen LogP contribution is -2.17. The first-order valence-corrected chi connectivity index (χ1v) is 4.85. The first kappa shape index (κ1) is 10.0. The van der Waals surface area contributed by atoms with Gasteiger partial charge in [-0.15, -0.1) is 0 Å². The highest BCUT2D eigenvalue weighted by molar-refractivity contribution is 5.52. The monoisotopic (exact) mass is 178 g/mol. The third kappa shape index (κ3) is 2.20. The molecule has 0 aliphatic rings. The minimum absolute atomic E-state index is 1.04. The van der Waals surface area contributed by atoms with E-state index < -0.39 is 0 Å². The van der Waals surface area contributed by atoms with Crippen molar-refractivity contribution in [2.24, 2.45) is 0 Å². The van der Waals surface area contributed by atoms with E-state index in [0.717, 1.165) is 18.7 Å². The molecule has 1 aromatic rings. The number of aromatic nitrogens is 1. The van der Waals surface area contributed by atoms with Crippen LogP contribution in [0.5, 0.6) is 0 Å². The van der Waals surface area contributed by atoms with Gasteiger partial charge in [0, 0.05) is 31.2 Å². The zero-order valence-corrected chi connectivity index (χ0v) is 8.96. The standard InChI is InChI=1S/C11H18N2/c1-5-10-8-12-9(3)7-11(10)13(4)6-2/h7-8H,5-6H2,1-4H3. The summed E-state index contributed by atoms with van der Waals surface area (Å²) in [5, 5.41) is 0. The number of hydrogen-bond donors (Lipinski definition) is 0. The summed E-state index contributed by atoms with van der Waals surface area (Å²) in [4.78, 5) is 6.56. The SMILES string of the molecule is CCc1cnc(C)cc1N(C)CC. The second-order valence-corrected chi connectivity index (χ2v) is 3.32. The van der Waals surface area contributed by atoms with Crippen LogP contribution >= 0.6 is 0 Å². The average molecular weight is 178 g/mol. The van der Waals surface area contributed by atoms with Gasteiger partial charge in [0.05, 0.1) is 0 Å². The lowest BCUT2D eigenvalue weighted by molar-refractivity contribution is 0.936. The van der Waals surface area contributed by atoms with E-state index in [4.69, 9.17) is 0 Å². The fourth-order valence-electron chi connectivity index (χ4n) is 1.37. The minimum atomic E-state index is 1.04. The zero-order chi connectivity index (χ0) is 9.84. The quantitative estimate of drug-likeness (QED) is 0.706. The molecular weight excluding hydrogens is 160 g/mol. The Hall–Kier alpha value is -1.05. The predicted octanol–water partition coefficient (Wildman–Crippen LogP) is 2.41. The first-order chi connectivity index (χ1) is 6.19. The number of nitrogens with zero attached hydrogens (tertiary/aromatic N) is 2. The molecule has 0 spiro atoms. The Labute approximate surface area is 80.6 Å². The van der Waals surface area contributed by atoms with Gasteiger partial charge in [0.2, 0.25) is 0 Å². The van der Waals surface area contributed by atoms with Crippen LogP contribution in [0.4, 0.5) is 5.69 Å². The number of anilines is 1. The molecule has 0 amide bonds. The number of pyridine rings is 1. The summed E-state index contributed by atoms with van der Waals surface area (Å²) >= 11 is 0. The van der Waals surface area contributed by atoms with Gasteiger partial charge in [-0.3, -0.25) is 4.98 Å². The lowest BCUT2D eigenvalue weighted by Gasteiger charge is -2.20. The molecule has 2 nitrogen and oxygen atoms in total. The maximum atomic E-state index is 4.30. The van der Waals surface area contributed by atoms with E-state index in [-0.39, 0.29) is 0 Å². The van der Waals surface area contributed by atoms with E-state index in [1.165, 1.54) is 11.3 Å². The molecule has 0 saturated heterocycles. The van der Waals surface area contributed by atoms with Gasteiger partial charge < -0.3 is 4.90 Å². The largest absolute Gasteiger partial charge is 0.375 e. The van der Waals surface area contributed by atoms with Gasteiger partial charge in [-0.2, -0.15) is 0 Å². The minimum Gasteiger partial charge on any atom is -0.375 e. The van der Waals surface area contributed by atoms with Gasteiger partial charge >= 0.3 is 0 Å². The lowest BCUT2D eigenvalue weighted by atomic mass is 10.1. The van der Waals surface area contributed by atoms with E-state index in [1.807, 2.05) is 13.1 Å². The molecular formula is C11H18N2. The number of rotatable bonds is 3. The van der Waals surface area contributed by atoms with Crippen molar-refractivity contribution >= 4 is 5.69 Å². The fourth-order valence-corrected chi connectivity index (χ4v) is 1.37. The van der Waals surface area contributed by atoms with Gasteiger partial charge in [-0.25, -0.2) is 0 Å². The summed E-state index contributed by atoms with van der Waals surface area (Å²) < 4.78 is 0. The van der Waals surface area contributed by atoms with Crippen molar-refractivity contribution in [2.45, 2.75) is 27.2 Å². The van der Waals surface area contributed by atoms with Gasteiger partial charge in [-0.05, 0) is 31.9 Å². The highest BCUT2D eigenvalue weighted by Gasteiger charge is 2.04. The van der Waals surface area contributed by atoms with Crippen molar-refractivity contribution in [1.82, 2.24) is 4.98 Å². The molecule has 0 aliphatic heterocycles. The fraction of sp³-hybridized carbons (Fsp3) is 0.545. The molecule has 1 heterocycles. The topological polar surface area (TPSA) is 16.1 Å². The molecule has 0 fully saturated rings. The Bertz CT molecular complexity index is 281. The van der Waals surface area contributed by atoms with E-state index in [1.54, 1.807) is 0 Å².